The smallest absolute Gasteiger partial charge is 0.0656 e. The first kappa shape index (κ1) is 13.6. The monoisotopic (exact) mass is 242 g/mol. The van der Waals surface area contributed by atoms with Gasteiger partial charge in [-0.15, -0.1) is 11.3 Å². The van der Waals surface area contributed by atoms with Crippen LogP contribution in [0.15, 0.2) is 17.5 Å². The van der Waals surface area contributed by atoms with Crippen molar-refractivity contribution in [3.63, 3.8) is 0 Å². The van der Waals surface area contributed by atoms with Crippen LogP contribution in [0, 0.1) is 0 Å². The van der Waals surface area contributed by atoms with Gasteiger partial charge >= 0.3 is 0 Å². The molecule has 0 aliphatic rings. The van der Waals surface area contributed by atoms with Crippen LogP contribution in [0.25, 0.3) is 0 Å². The van der Waals surface area contributed by atoms with Gasteiger partial charge in [-0.2, -0.15) is 0 Å². The molecule has 1 unspecified atom stereocenters. The Morgan fingerprint density at radius 2 is 2.31 bits per heavy atom. The molecule has 1 heterocycles. The average Bonchev–Trinajstić information content (AvgIpc) is 2.78. The Balaban J connectivity index is 2.46. The molecule has 0 spiro atoms. The van der Waals surface area contributed by atoms with E-state index >= 15 is 0 Å². The van der Waals surface area contributed by atoms with Crippen LogP contribution in [-0.4, -0.2) is 44.3 Å². The highest BCUT2D eigenvalue weighted by Crippen LogP contribution is 2.15. The third-order valence-electron chi connectivity index (χ3n) is 3.09. The lowest BCUT2D eigenvalue weighted by Gasteiger charge is -2.37. The van der Waals surface area contributed by atoms with Gasteiger partial charge in [-0.25, -0.2) is 0 Å². The number of nitrogens with two attached hydrogens (primary N) is 1. The van der Waals surface area contributed by atoms with Crippen LogP contribution in [0.1, 0.15) is 11.8 Å². The SMILES string of the molecule is COCC(C)(CN)N(C)CCc1cccs1. The van der Waals surface area contributed by atoms with Gasteiger partial charge in [0, 0.05) is 25.1 Å². The van der Waals surface area contributed by atoms with Gasteiger partial charge in [0.25, 0.3) is 0 Å². The summed E-state index contributed by atoms with van der Waals surface area (Å²) in [4.78, 5) is 3.71. The molecular weight excluding hydrogens is 220 g/mol. The van der Waals surface area contributed by atoms with Crippen LogP contribution >= 0.6 is 11.3 Å². The predicted molar refractivity (Wildman–Crippen MR) is 70.0 cm³/mol. The minimum atomic E-state index is -0.0635. The highest BCUT2D eigenvalue weighted by atomic mass is 32.1. The predicted octanol–water partition coefficient (Wildman–Crippen LogP) is 1.59. The number of hydrogen-bond donors (Lipinski definition) is 1. The summed E-state index contributed by atoms with van der Waals surface area (Å²) in [6.45, 7) is 4.44. The van der Waals surface area contributed by atoms with E-state index in [-0.39, 0.29) is 5.54 Å². The van der Waals surface area contributed by atoms with E-state index in [1.807, 2.05) is 11.3 Å². The van der Waals surface area contributed by atoms with E-state index in [1.54, 1.807) is 7.11 Å². The maximum atomic E-state index is 5.82. The molecule has 4 heteroatoms. The second-order valence-electron chi connectivity index (χ2n) is 4.38. The summed E-state index contributed by atoms with van der Waals surface area (Å²) in [5.41, 5.74) is 5.76. The first-order chi connectivity index (χ1) is 7.62. The van der Waals surface area contributed by atoms with E-state index in [4.69, 9.17) is 10.5 Å². The van der Waals surface area contributed by atoms with Crippen molar-refractivity contribution in [1.82, 2.24) is 4.90 Å². The van der Waals surface area contributed by atoms with Crippen LogP contribution in [-0.2, 0) is 11.2 Å². The first-order valence-corrected chi connectivity index (χ1v) is 6.43. The molecule has 1 aromatic heterocycles. The molecule has 0 aliphatic heterocycles. The van der Waals surface area contributed by atoms with Crippen molar-refractivity contribution in [2.45, 2.75) is 18.9 Å². The van der Waals surface area contributed by atoms with Gasteiger partial charge in [0.2, 0.25) is 0 Å². The Bertz CT molecular complexity index is 289. The van der Waals surface area contributed by atoms with Crippen molar-refractivity contribution in [3.05, 3.63) is 22.4 Å². The number of methoxy groups -OCH3 is 1. The zero-order chi connectivity index (χ0) is 12.0. The highest BCUT2D eigenvalue weighted by Gasteiger charge is 2.27. The second kappa shape index (κ2) is 6.35. The lowest BCUT2D eigenvalue weighted by Crippen LogP contribution is -2.53. The molecule has 0 aromatic carbocycles. The highest BCUT2D eigenvalue weighted by molar-refractivity contribution is 7.09. The number of ether oxygens (including phenoxy) is 1. The van der Waals surface area contributed by atoms with Crippen molar-refractivity contribution in [2.75, 3.05) is 33.9 Å². The first-order valence-electron chi connectivity index (χ1n) is 5.55. The van der Waals surface area contributed by atoms with E-state index < -0.39 is 0 Å². The fourth-order valence-corrected chi connectivity index (χ4v) is 2.34. The summed E-state index contributed by atoms with van der Waals surface area (Å²) < 4.78 is 5.24. The fourth-order valence-electron chi connectivity index (χ4n) is 1.64. The molecule has 16 heavy (non-hydrogen) atoms. The standard InChI is InChI=1S/C12H22N2OS/c1-12(9-13,10-15-3)14(2)7-6-11-5-4-8-16-11/h4-5,8H,6-7,9-10,13H2,1-3H3. The molecule has 0 amide bonds. The minimum absolute atomic E-state index is 0.0635. The Labute approximate surface area is 102 Å². The summed E-state index contributed by atoms with van der Waals surface area (Å²) in [5.74, 6) is 0. The van der Waals surface area contributed by atoms with Gasteiger partial charge in [-0.3, -0.25) is 4.90 Å². The van der Waals surface area contributed by atoms with Gasteiger partial charge in [0.1, 0.15) is 0 Å². The van der Waals surface area contributed by atoms with E-state index in [0.29, 0.717) is 13.2 Å². The van der Waals surface area contributed by atoms with Gasteiger partial charge in [0.05, 0.1) is 12.1 Å². The molecular formula is C12H22N2OS. The fraction of sp³-hybridized carbons (Fsp3) is 0.667. The van der Waals surface area contributed by atoms with Crippen LogP contribution < -0.4 is 5.73 Å². The average molecular weight is 242 g/mol. The molecule has 0 fully saturated rings. The van der Waals surface area contributed by atoms with E-state index in [0.717, 1.165) is 13.0 Å². The molecule has 2 N–H and O–H groups in total. The number of nitrogens with zero attached hydrogens (tertiary/aromatic N) is 1. The zero-order valence-corrected chi connectivity index (χ0v) is 11.2. The summed E-state index contributed by atoms with van der Waals surface area (Å²) >= 11 is 1.81. The summed E-state index contributed by atoms with van der Waals surface area (Å²) in [6.07, 6.45) is 1.08. The van der Waals surface area contributed by atoms with E-state index in [2.05, 4.69) is 36.4 Å². The normalized spacial score (nSPS) is 15.3. The number of thiophene rings is 1. The van der Waals surface area contributed by atoms with Crippen molar-refractivity contribution < 1.29 is 4.74 Å². The summed E-state index contributed by atoms with van der Waals surface area (Å²) in [7, 11) is 3.83. The van der Waals surface area contributed by atoms with Crippen molar-refractivity contribution >= 4 is 11.3 Å². The lowest BCUT2D eigenvalue weighted by atomic mass is 10.0. The largest absolute Gasteiger partial charge is 0.383 e. The molecule has 0 saturated heterocycles. The van der Waals surface area contributed by atoms with Crippen LogP contribution in [0.5, 0.6) is 0 Å². The molecule has 0 aliphatic carbocycles. The topological polar surface area (TPSA) is 38.5 Å². The van der Waals surface area contributed by atoms with Crippen LogP contribution in [0.2, 0.25) is 0 Å². The number of hydrogen-bond acceptors (Lipinski definition) is 4. The summed E-state index contributed by atoms with van der Waals surface area (Å²) in [6, 6.07) is 4.27. The summed E-state index contributed by atoms with van der Waals surface area (Å²) in [5, 5.41) is 2.12. The molecule has 0 saturated carbocycles. The number of rotatable bonds is 7. The quantitative estimate of drug-likeness (QED) is 0.789. The van der Waals surface area contributed by atoms with Gasteiger partial charge in [-0.05, 0) is 31.8 Å². The van der Waals surface area contributed by atoms with Gasteiger partial charge < -0.3 is 10.5 Å². The number of likely N-dealkylation sites (N-methyl/N-ethyl adjacent to an activating group) is 1. The maximum absolute atomic E-state index is 5.82. The van der Waals surface area contributed by atoms with E-state index in [9.17, 15) is 0 Å². The lowest BCUT2D eigenvalue weighted by molar-refractivity contribution is 0.0444. The van der Waals surface area contributed by atoms with E-state index in [1.165, 1.54) is 4.88 Å². The van der Waals surface area contributed by atoms with Crippen molar-refractivity contribution in [3.8, 4) is 0 Å². The van der Waals surface area contributed by atoms with Gasteiger partial charge in [0.15, 0.2) is 0 Å². The van der Waals surface area contributed by atoms with Crippen LogP contribution in [0.3, 0.4) is 0 Å². The third-order valence-corrected chi connectivity index (χ3v) is 4.03. The molecule has 3 nitrogen and oxygen atoms in total. The molecule has 1 aromatic rings. The maximum Gasteiger partial charge on any atom is 0.0656 e. The van der Waals surface area contributed by atoms with Crippen LogP contribution in [0.4, 0.5) is 0 Å². The van der Waals surface area contributed by atoms with Gasteiger partial charge in [-0.1, -0.05) is 6.07 Å². The Kier molecular flexibility index (Phi) is 5.41. The minimum Gasteiger partial charge on any atom is -0.383 e. The Hall–Kier alpha value is -0.420. The molecule has 0 bridgehead atoms. The molecule has 1 rings (SSSR count). The van der Waals surface area contributed by atoms with Crippen molar-refractivity contribution in [2.24, 2.45) is 5.73 Å². The molecule has 92 valence electrons. The van der Waals surface area contributed by atoms with Crippen molar-refractivity contribution in [1.29, 1.82) is 0 Å². The Morgan fingerprint density at radius 3 is 2.81 bits per heavy atom. The zero-order valence-electron chi connectivity index (χ0n) is 10.4. The Morgan fingerprint density at radius 1 is 1.56 bits per heavy atom. The molecule has 0 radical (unpaired) electrons. The third kappa shape index (κ3) is 3.56. The molecule has 1 atom stereocenters. The second-order valence-corrected chi connectivity index (χ2v) is 5.42.